The van der Waals surface area contributed by atoms with Crippen molar-refractivity contribution in [3.63, 3.8) is 0 Å². The second kappa shape index (κ2) is 8.62. The van der Waals surface area contributed by atoms with Gasteiger partial charge in [-0.1, -0.05) is 23.7 Å². The highest BCUT2D eigenvalue weighted by Crippen LogP contribution is 2.42. The molecule has 30 heavy (non-hydrogen) atoms. The molecule has 1 heterocycles. The van der Waals surface area contributed by atoms with E-state index in [2.05, 4.69) is 4.90 Å². The molecule has 0 spiro atoms. The monoisotopic (exact) mass is 429 g/mol. The first-order valence-corrected chi connectivity index (χ1v) is 10.1. The Labute approximate surface area is 179 Å². The van der Waals surface area contributed by atoms with Crippen LogP contribution in [0.2, 0.25) is 5.02 Å². The fraction of sp³-hybridized carbons (Fsp3) is 0.250. The maximum absolute atomic E-state index is 14.4. The second-order valence-corrected chi connectivity index (χ2v) is 7.76. The molecule has 0 aromatic heterocycles. The largest absolute Gasteiger partial charge is 0.493 e. The first-order valence-electron chi connectivity index (χ1n) is 9.68. The lowest BCUT2D eigenvalue weighted by atomic mass is 9.87. The van der Waals surface area contributed by atoms with Gasteiger partial charge in [0.2, 0.25) is 0 Å². The van der Waals surface area contributed by atoms with E-state index in [1.807, 2.05) is 36.4 Å². The summed E-state index contributed by atoms with van der Waals surface area (Å²) in [5.74, 6) is 0.432. The Balaban J connectivity index is 1.82. The number of rotatable bonds is 5. The number of fused-ring (bicyclic) bond motifs is 1. The molecule has 156 valence electrons. The molecule has 4 rings (SSSR count). The molecule has 6 heteroatoms. The lowest BCUT2D eigenvalue weighted by Crippen LogP contribution is -2.36. The van der Waals surface area contributed by atoms with Crippen molar-refractivity contribution >= 4 is 11.6 Å². The van der Waals surface area contributed by atoms with E-state index in [0.29, 0.717) is 28.6 Å². The van der Waals surface area contributed by atoms with Crippen LogP contribution in [0.15, 0.2) is 54.6 Å². The molecule has 0 fully saturated rings. The van der Waals surface area contributed by atoms with Crippen molar-refractivity contribution in [1.29, 1.82) is 0 Å². The number of hydrogen-bond acceptors (Lipinski definition) is 3. The van der Waals surface area contributed by atoms with E-state index in [-0.39, 0.29) is 12.6 Å². The van der Waals surface area contributed by atoms with Gasteiger partial charge in [-0.2, -0.15) is 0 Å². The van der Waals surface area contributed by atoms with Gasteiger partial charge in [0.25, 0.3) is 0 Å². The normalized spacial score (nSPS) is 16.2. The summed E-state index contributed by atoms with van der Waals surface area (Å²) in [6.45, 7) is 0.949. The van der Waals surface area contributed by atoms with Gasteiger partial charge >= 0.3 is 0 Å². The molecule has 0 aliphatic carbocycles. The lowest BCUT2D eigenvalue weighted by Gasteiger charge is -2.38. The number of benzene rings is 3. The molecule has 3 nitrogen and oxygen atoms in total. The van der Waals surface area contributed by atoms with Crippen molar-refractivity contribution in [2.45, 2.75) is 19.0 Å². The summed E-state index contributed by atoms with van der Waals surface area (Å²) >= 11 is 6.28. The molecule has 1 unspecified atom stereocenters. The SMILES string of the molecule is COc1cc2c(cc1OC)C(c1cccc(Cl)c1)N(Cc1cc(F)ccc1F)CC2. The van der Waals surface area contributed by atoms with Gasteiger partial charge in [-0.3, -0.25) is 4.90 Å². The minimum atomic E-state index is -0.450. The van der Waals surface area contributed by atoms with Crippen LogP contribution in [0.1, 0.15) is 28.3 Å². The van der Waals surface area contributed by atoms with Crippen LogP contribution in [0.25, 0.3) is 0 Å². The number of nitrogens with zero attached hydrogens (tertiary/aromatic N) is 1. The molecule has 3 aromatic carbocycles. The lowest BCUT2D eigenvalue weighted by molar-refractivity contribution is 0.200. The van der Waals surface area contributed by atoms with Crippen molar-refractivity contribution in [3.8, 4) is 11.5 Å². The van der Waals surface area contributed by atoms with Crippen LogP contribution < -0.4 is 9.47 Å². The van der Waals surface area contributed by atoms with Crippen LogP contribution >= 0.6 is 11.6 Å². The number of hydrogen-bond donors (Lipinski definition) is 0. The van der Waals surface area contributed by atoms with Crippen molar-refractivity contribution < 1.29 is 18.3 Å². The topological polar surface area (TPSA) is 21.7 Å². The van der Waals surface area contributed by atoms with Gasteiger partial charge in [0, 0.05) is 23.7 Å². The van der Waals surface area contributed by atoms with Crippen molar-refractivity contribution in [2.75, 3.05) is 20.8 Å². The molecule has 0 radical (unpaired) electrons. The number of ether oxygens (including phenoxy) is 2. The van der Waals surface area contributed by atoms with E-state index in [9.17, 15) is 8.78 Å². The van der Waals surface area contributed by atoms with Crippen molar-refractivity contribution in [1.82, 2.24) is 4.90 Å². The highest BCUT2D eigenvalue weighted by molar-refractivity contribution is 6.30. The fourth-order valence-corrected chi connectivity index (χ4v) is 4.32. The third kappa shape index (κ3) is 4.00. The summed E-state index contributed by atoms with van der Waals surface area (Å²) in [6, 6.07) is 15.0. The van der Waals surface area contributed by atoms with Gasteiger partial charge in [-0.05, 0) is 65.6 Å². The molecule has 0 saturated carbocycles. The van der Waals surface area contributed by atoms with E-state index in [0.717, 1.165) is 29.2 Å². The standard InChI is InChI=1S/C24H22ClF2NO2/c1-29-22-12-15-8-9-28(14-17-11-19(26)6-7-21(17)27)24(20(15)13-23(22)30-2)16-4-3-5-18(25)10-16/h3-7,10-13,24H,8-9,14H2,1-2H3. The quantitative estimate of drug-likeness (QED) is 0.513. The minimum Gasteiger partial charge on any atom is -0.493 e. The average Bonchev–Trinajstić information content (AvgIpc) is 2.75. The summed E-state index contributed by atoms with van der Waals surface area (Å²) in [6.07, 6.45) is 0.754. The van der Waals surface area contributed by atoms with Crippen LogP contribution in [-0.2, 0) is 13.0 Å². The van der Waals surface area contributed by atoms with Crippen LogP contribution in [0.5, 0.6) is 11.5 Å². The Kier molecular flexibility index (Phi) is 5.93. The van der Waals surface area contributed by atoms with Gasteiger partial charge in [-0.25, -0.2) is 8.78 Å². The summed E-state index contributed by atoms with van der Waals surface area (Å²) in [4.78, 5) is 2.14. The molecule has 0 bridgehead atoms. The average molecular weight is 430 g/mol. The van der Waals surface area contributed by atoms with Gasteiger partial charge in [0.05, 0.1) is 20.3 Å². The zero-order valence-corrected chi connectivity index (χ0v) is 17.5. The Hall–Kier alpha value is -2.63. The first kappa shape index (κ1) is 20.6. The second-order valence-electron chi connectivity index (χ2n) is 7.32. The molecule has 0 amide bonds. The van der Waals surface area contributed by atoms with E-state index >= 15 is 0 Å². The van der Waals surface area contributed by atoms with E-state index in [4.69, 9.17) is 21.1 Å². The summed E-state index contributed by atoms with van der Waals surface area (Å²) in [7, 11) is 3.21. The van der Waals surface area contributed by atoms with Crippen LogP contribution in [0, 0.1) is 11.6 Å². The molecular weight excluding hydrogens is 408 g/mol. The van der Waals surface area contributed by atoms with E-state index in [1.54, 1.807) is 14.2 Å². The Morgan fingerprint density at radius 1 is 1.00 bits per heavy atom. The first-order chi connectivity index (χ1) is 14.5. The van der Waals surface area contributed by atoms with Crippen molar-refractivity contribution in [2.24, 2.45) is 0 Å². The predicted molar refractivity (Wildman–Crippen MR) is 113 cm³/mol. The van der Waals surface area contributed by atoms with E-state index < -0.39 is 11.6 Å². The summed E-state index contributed by atoms with van der Waals surface area (Å²) in [5, 5.41) is 0.622. The highest BCUT2D eigenvalue weighted by atomic mass is 35.5. The molecule has 1 atom stereocenters. The molecule has 0 saturated heterocycles. The maximum atomic E-state index is 14.4. The highest BCUT2D eigenvalue weighted by Gasteiger charge is 2.31. The molecule has 1 aliphatic heterocycles. The van der Waals surface area contributed by atoms with Crippen LogP contribution in [0.3, 0.4) is 0 Å². The number of halogens is 3. The molecule has 1 aliphatic rings. The Morgan fingerprint density at radius 2 is 1.77 bits per heavy atom. The molecular formula is C24H22ClF2NO2. The fourth-order valence-electron chi connectivity index (χ4n) is 4.12. The minimum absolute atomic E-state index is 0.185. The number of methoxy groups -OCH3 is 2. The predicted octanol–water partition coefficient (Wildman–Crippen LogP) is 5.78. The molecule has 0 N–H and O–H groups in total. The Morgan fingerprint density at radius 3 is 2.50 bits per heavy atom. The molecule has 3 aromatic rings. The van der Waals surface area contributed by atoms with Crippen LogP contribution in [0.4, 0.5) is 8.78 Å². The smallest absolute Gasteiger partial charge is 0.161 e. The van der Waals surface area contributed by atoms with Gasteiger partial charge in [0.1, 0.15) is 11.6 Å². The summed E-state index contributed by atoms with van der Waals surface area (Å²) < 4.78 is 39.1. The van der Waals surface area contributed by atoms with E-state index in [1.165, 1.54) is 12.1 Å². The maximum Gasteiger partial charge on any atom is 0.161 e. The summed E-state index contributed by atoms with van der Waals surface area (Å²) in [5.41, 5.74) is 3.48. The van der Waals surface area contributed by atoms with Gasteiger partial charge in [0.15, 0.2) is 11.5 Å². The third-order valence-electron chi connectivity index (χ3n) is 5.52. The third-order valence-corrected chi connectivity index (χ3v) is 5.75. The van der Waals surface area contributed by atoms with Crippen molar-refractivity contribution in [3.05, 3.63) is 93.5 Å². The Bertz CT molecular complexity index is 1070. The van der Waals surface area contributed by atoms with Crippen LogP contribution in [-0.4, -0.2) is 25.7 Å². The zero-order valence-electron chi connectivity index (χ0n) is 16.8. The van der Waals surface area contributed by atoms with Gasteiger partial charge in [-0.15, -0.1) is 0 Å². The zero-order chi connectivity index (χ0) is 21.3. The van der Waals surface area contributed by atoms with Gasteiger partial charge < -0.3 is 9.47 Å².